The Morgan fingerprint density at radius 3 is 2.58 bits per heavy atom. The minimum absolute atomic E-state index is 0. The van der Waals surface area contributed by atoms with Crippen molar-refractivity contribution < 1.29 is 5.11 Å². The fourth-order valence-electron chi connectivity index (χ4n) is 2.85. The third kappa shape index (κ3) is 4.55. The average molecular weight is 304 g/mol. The highest BCUT2D eigenvalue weighted by atomic mass is 35.5. The first-order valence-corrected chi connectivity index (χ1v) is 7.30. The summed E-state index contributed by atoms with van der Waals surface area (Å²) in [5.74, 6) is 0.300. The van der Waals surface area contributed by atoms with E-state index in [1.165, 1.54) is 32.1 Å². The van der Waals surface area contributed by atoms with Crippen LogP contribution >= 0.6 is 24.0 Å². The first-order valence-electron chi connectivity index (χ1n) is 6.92. The van der Waals surface area contributed by atoms with Crippen molar-refractivity contribution in [3.8, 4) is 5.75 Å². The van der Waals surface area contributed by atoms with Gasteiger partial charge < -0.3 is 5.11 Å². The Morgan fingerprint density at radius 1 is 1.26 bits per heavy atom. The van der Waals surface area contributed by atoms with Crippen LogP contribution < -0.4 is 0 Å². The molecule has 0 heterocycles. The third-order valence-corrected chi connectivity index (χ3v) is 4.27. The van der Waals surface area contributed by atoms with E-state index < -0.39 is 0 Å². The molecule has 19 heavy (non-hydrogen) atoms. The van der Waals surface area contributed by atoms with Gasteiger partial charge in [-0.15, -0.1) is 12.4 Å². The Balaban J connectivity index is 0.00000180. The Kier molecular flexibility index (Phi) is 6.98. The van der Waals surface area contributed by atoms with E-state index in [1.54, 1.807) is 18.2 Å². The van der Waals surface area contributed by atoms with Crippen molar-refractivity contribution in [3.63, 3.8) is 0 Å². The summed E-state index contributed by atoms with van der Waals surface area (Å²) in [5, 5.41) is 10.3. The molecule has 2 rings (SSSR count). The Morgan fingerprint density at radius 2 is 1.95 bits per heavy atom. The Labute approximate surface area is 127 Å². The lowest BCUT2D eigenvalue weighted by Crippen LogP contribution is -2.36. The molecule has 1 saturated carbocycles. The second-order valence-corrected chi connectivity index (χ2v) is 5.54. The number of phenols is 1. The molecular weight excluding hydrogens is 281 g/mol. The van der Waals surface area contributed by atoms with Crippen LogP contribution in [0.3, 0.4) is 0 Å². The molecule has 1 aliphatic rings. The van der Waals surface area contributed by atoms with Crippen molar-refractivity contribution in [2.75, 3.05) is 6.54 Å². The quantitative estimate of drug-likeness (QED) is 0.877. The number of rotatable bonds is 4. The summed E-state index contributed by atoms with van der Waals surface area (Å²) < 4.78 is 0. The molecule has 2 nitrogen and oxygen atoms in total. The summed E-state index contributed by atoms with van der Waals surface area (Å²) in [6, 6.07) is 5.89. The normalized spacial score (nSPS) is 16.4. The van der Waals surface area contributed by atoms with Crippen molar-refractivity contribution >= 4 is 24.0 Å². The van der Waals surface area contributed by atoms with Crippen LogP contribution in [0.2, 0.25) is 5.02 Å². The minimum atomic E-state index is 0. The fourth-order valence-corrected chi connectivity index (χ4v) is 3.02. The van der Waals surface area contributed by atoms with Crippen LogP contribution in [0.4, 0.5) is 0 Å². The van der Waals surface area contributed by atoms with Gasteiger partial charge in [-0.3, -0.25) is 4.90 Å². The molecule has 0 aromatic heterocycles. The lowest BCUT2D eigenvalue weighted by Gasteiger charge is -2.33. The molecule has 1 N–H and O–H groups in total. The SMILES string of the molecule is CCN(Cc1cc(O)ccc1Cl)C1CCCCC1.Cl. The zero-order valence-electron chi connectivity index (χ0n) is 11.4. The highest BCUT2D eigenvalue weighted by Gasteiger charge is 2.20. The van der Waals surface area contributed by atoms with Crippen LogP contribution in [0.15, 0.2) is 18.2 Å². The first-order chi connectivity index (χ1) is 8.70. The van der Waals surface area contributed by atoms with Crippen LogP contribution in [0.1, 0.15) is 44.6 Å². The molecule has 0 atom stereocenters. The summed E-state index contributed by atoms with van der Waals surface area (Å²) in [6.07, 6.45) is 6.65. The average Bonchev–Trinajstić information content (AvgIpc) is 2.41. The monoisotopic (exact) mass is 303 g/mol. The Bertz CT molecular complexity index is 392. The lowest BCUT2D eigenvalue weighted by molar-refractivity contribution is 0.156. The second kappa shape index (κ2) is 7.98. The van der Waals surface area contributed by atoms with Gasteiger partial charge in [0.25, 0.3) is 0 Å². The van der Waals surface area contributed by atoms with Crippen LogP contribution in [0.5, 0.6) is 5.75 Å². The van der Waals surface area contributed by atoms with Crippen LogP contribution in [-0.4, -0.2) is 22.6 Å². The van der Waals surface area contributed by atoms with Gasteiger partial charge in [0, 0.05) is 17.6 Å². The maximum Gasteiger partial charge on any atom is 0.116 e. The molecule has 0 bridgehead atoms. The maximum absolute atomic E-state index is 9.56. The van der Waals surface area contributed by atoms with Gasteiger partial charge in [0.15, 0.2) is 0 Å². The second-order valence-electron chi connectivity index (χ2n) is 5.13. The van der Waals surface area contributed by atoms with E-state index in [2.05, 4.69) is 11.8 Å². The van der Waals surface area contributed by atoms with Crippen molar-refractivity contribution in [2.45, 2.75) is 51.6 Å². The molecule has 1 aromatic carbocycles. The number of nitrogens with zero attached hydrogens (tertiary/aromatic N) is 1. The zero-order chi connectivity index (χ0) is 13.0. The molecule has 4 heteroatoms. The highest BCUT2D eigenvalue weighted by Crippen LogP contribution is 2.27. The molecule has 0 amide bonds. The van der Waals surface area contributed by atoms with Gasteiger partial charge in [0.1, 0.15) is 5.75 Å². The highest BCUT2D eigenvalue weighted by molar-refractivity contribution is 6.31. The Hall–Kier alpha value is -0.440. The summed E-state index contributed by atoms with van der Waals surface area (Å²) in [4.78, 5) is 2.49. The van der Waals surface area contributed by atoms with E-state index in [-0.39, 0.29) is 12.4 Å². The minimum Gasteiger partial charge on any atom is -0.508 e. The first kappa shape index (κ1) is 16.6. The summed E-state index contributed by atoms with van der Waals surface area (Å²) in [5.41, 5.74) is 1.03. The molecule has 1 aromatic rings. The smallest absolute Gasteiger partial charge is 0.116 e. The van der Waals surface area contributed by atoms with Crippen LogP contribution in [0.25, 0.3) is 0 Å². The maximum atomic E-state index is 9.56. The van der Waals surface area contributed by atoms with Crippen molar-refractivity contribution in [1.82, 2.24) is 4.90 Å². The number of hydrogen-bond acceptors (Lipinski definition) is 2. The van der Waals surface area contributed by atoms with Gasteiger partial charge in [-0.25, -0.2) is 0 Å². The number of halogens is 2. The van der Waals surface area contributed by atoms with Crippen molar-refractivity contribution in [3.05, 3.63) is 28.8 Å². The topological polar surface area (TPSA) is 23.5 Å². The van der Waals surface area contributed by atoms with Crippen molar-refractivity contribution in [2.24, 2.45) is 0 Å². The van der Waals surface area contributed by atoms with E-state index >= 15 is 0 Å². The molecule has 1 aliphatic carbocycles. The van der Waals surface area contributed by atoms with Gasteiger partial charge in [-0.2, -0.15) is 0 Å². The van der Waals surface area contributed by atoms with E-state index in [1.807, 2.05) is 0 Å². The standard InChI is InChI=1S/C15H22ClNO.ClH/c1-2-17(13-6-4-3-5-7-13)11-12-10-14(18)8-9-15(12)16;/h8-10,13,18H,2-7,11H2,1H3;1H. The summed E-state index contributed by atoms with van der Waals surface area (Å²) >= 11 is 6.20. The van der Waals surface area contributed by atoms with Gasteiger partial charge in [0.05, 0.1) is 0 Å². The number of aromatic hydroxyl groups is 1. The molecule has 0 spiro atoms. The molecular formula is C15H23Cl2NO. The molecule has 1 fully saturated rings. The van der Waals surface area contributed by atoms with Gasteiger partial charge in [-0.05, 0) is 43.1 Å². The number of hydrogen-bond donors (Lipinski definition) is 1. The predicted molar refractivity (Wildman–Crippen MR) is 83.3 cm³/mol. The van der Waals surface area contributed by atoms with E-state index in [9.17, 15) is 5.11 Å². The summed E-state index contributed by atoms with van der Waals surface area (Å²) in [6.45, 7) is 4.08. The van der Waals surface area contributed by atoms with Gasteiger partial charge in [0.2, 0.25) is 0 Å². The third-order valence-electron chi connectivity index (χ3n) is 3.90. The van der Waals surface area contributed by atoms with Crippen molar-refractivity contribution in [1.29, 1.82) is 0 Å². The predicted octanol–water partition coefficient (Wildman–Crippen LogP) is 4.62. The fraction of sp³-hybridized carbons (Fsp3) is 0.600. The summed E-state index contributed by atoms with van der Waals surface area (Å²) in [7, 11) is 0. The largest absolute Gasteiger partial charge is 0.508 e. The van der Waals surface area contributed by atoms with Crippen LogP contribution in [0, 0.1) is 0 Å². The molecule has 0 unspecified atom stereocenters. The van der Waals surface area contributed by atoms with E-state index in [4.69, 9.17) is 11.6 Å². The van der Waals surface area contributed by atoms with Crippen LogP contribution in [-0.2, 0) is 6.54 Å². The molecule has 108 valence electrons. The number of phenolic OH excluding ortho intramolecular Hbond substituents is 1. The van der Waals surface area contributed by atoms with E-state index in [0.29, 0.717) is 11.8 Å². The van der Waals surface area contributed by atoms with Gasteiger partial charge >= 0.3 is 0 Å². The van der Waals surface area contributed by atoms with Gasteiger partial charge in [-0.1, -0.05) is 37.8 Å². The lowest BCUT2D eigenvalue weighted by atomic mass is 9.94. The zero-order valence-corrected chi connectivity index (χ0v) is 13.0. The number of benzene rings is 1. The van der Waals surface area contributed by atoms with E-state index in [0.717, 1.165) is 23.7 Å². The molecule has 0 aliphatic heterocycles. The molecule has 0 saturated heterocycles. The molecule has 0 radical (unpaired) electrons.